The Morgan fingerprint density at radius 1 is 1.08 bits per heavy atom. The van der Waals surface area contributed by atoms with Gasteiger partial charge in [0.2, 0.25) is 5.91 Å². The fourth-order valence-corrected chi connectivity index (χ4v) is 2.45. The maximum absolute atomic E-state index is 11.9. The van der Waals surface area contributed by atoms with Crippen LogP contribution in [0.25, 0.3) is 0 Å². The number of nitrogens with one attached hydrogen (secondary N) is 2. The van der Waals surface area contributed by atoms with Crippen LogP contribution >= 0.6 is 38.5 Å². The van der Waals surface area contributed by atoms with Crippen LogP contribution in [0.5, 0.6) is 0 Å². The third kappa shape index (κ3) is 6.04. The molecule has 0 fully saturated rings. The van der Waals surface area contributed by atoms with Gasteiger partial charge in [0.15, 0.2) is 0 Å². The summed E-state index contributed by atoms with van der Waals surface area (Å²) in [7, 11) is 0. The lowest BCUT2D eigenvalue weighted by Crippen LogP contribution is -2.21. The van der Waals surface area contributed by atoms with Gasteiger partial charge in [0, 0.05) is 25.0 Å². The van der Waals surface area contributed by atoms with Crippen molar-refractivity contribution in [2.24, 2.45) is 5.10 Å². The lowest BCUT2D eigenvalue weighted by molar-refractivity contribution is -0.115. The molecular weight excluding hydrogens is 485 g/mol. The second-order valence-electron chi connectivity index (χ2n) is 5.03. The first kappa shape index (κ1) is 18.6. The smallest absolute Gasteiger partial charge is 0.271 e. The quantitative estimate of drug-likeness (QED) is 0.368. The lowest BCUT2D eigenvalue weighted by Gasteiger charge is -2.06. The van der Waals surface area contributed by atoms with E-state index in [0.29, 0.717) is 17.0 Å². The van der Waals surface area contributed by atoms with Crippen molar-refractivity contribution in [1.29, 1.82) is 0 Å². The van der Waals surface area contributed by atoms with Crippen LogP contribution in [0.1, 0.15) is 23.7 Å². The van der Waals surface area contributed by atoms with E-state index in [4.69, 9.17) is 0 Å². The minimum absolute atomic E-state index is 0.100. The number of nitrogens with zero attached hydrogens (tertiary/aromatic N) is 1. The Hall–Kier alpha value is -1.74. The molecule has 2 rings (SSSR count). The zero-order valence-electron chi connectivity index (χ0n) is 12.8. The molecule has 0 unspecified atom stereocenters. The van der Waals surface area contributed by atoms with Crippen LogP contribution in [-0.4, -0.2) is 17.5 Å². The van der Waals surface area contributed by atoms with E-state index in [-0.39, 0.29) is 18.2 Å². The topological polar surface area (TPSA) is 70.6 Å². The van der Waals surface area contributed by atoms with Crippen LogP contribution in [0, 0.1) is 3.57 Å². The van der Waals surface area contributed by atoms with Gasteiger partial charge in [-0.1, -0.05) is 15.9 Å². The molecule has 0 aliphatic carbocycles. The number of anilines is 1. The molecule has 0 saturated carbocycles. The number of amides is 2. The lowest BCUT2D eigenvalue weighted by atomic mass is 10.2. The number of hydrazone groups is 1. The zero-order chi connectivity index (χ0) is 17.5. The molecule has 5 nitrogen and oxygen atoms in total. The molecule has 0 radical (unpaired) electrons. The number of hydrogen-bond donors (Lipinski definition) is 2. The molecule has 0 heterocycles. The van der Waals surface area contributed by atoms with E-state index in [9.17, 15) is 9.59 Å². The first-order valence-electron chi connectivity index (χ1n) is 7.08. The molecule has 0 saturated heterocycles. The Bertz CT molecular complexity index is 758. The fourth-order valence-electron chi connectivity index (χ4n) is 1.82. The fraction of sp³-hybridized carbons (Fsp3) is 0.118. The minimum Gasteiger partial charge on any atom is -0.326 e. The number of hydrogen-bond acceptors (Lipinski definition) is 3. The molecule has 2 aromatic carbocycles. The van der Waals surface area contributed by atoms with Crippen LogP contribution in [0.2, 0.25) is 0 Å². The summed E-state index contributed by atoms with van der Waals surface area (Å²) in [6, 6.07) is 14.4. The van der Waals surface area contributed by atoms with Gasteiger partial charge in [0.25, 0.3) is 5.91 Å². The Morgan fingerprint density at radius 3 is 2.33 bits per heavy atom. The summed E-state index contributed by atoms with van der Waals surface area (Å²) in [4.78, 5) is 23.9. The molecule has 0 atom stereocenters. The van der Waals surface area contributed by atoms with Crippen molar-refractivity contribution in [2.75, 3.05) is 5.32 Å². The molecular formula is C17H15BrIN3O2. The molecule has 2 aromatic rings. The van der Waals surface area contributed by atoms with Crippen molar-refractivity contribution in [3.8, 4) is 0 Å². The van der Waals surface area contributed by atoms with Gasteiger partial charge in [-0.25, -0.2) is 5.43 Å². The Balaban J connectivity index is 1.86. The zero-order valence-corrected chi connectivity index (χ0v) is 16.6. The van der Waals surface area contributed by atoms with E-state index in [0.717, 1.165) is 8.04 Å². The summed E-state index contributed by atoms with van der Waals surface area (Å²) in [5.74, 6) is -0.499. The van der Waals surface area contributed by atoms with Gasteiger partial charge in [0.1, 0.15) is 0 Å². The summed E-state index contributed by atoms with van der Waals surface area (Å²) in [6.45, 7) is 1.69. The van der Waals surface area contributed by atoms with Gasteiger partial charge in [-0.2, -0.15) is 5.10 Å². The van der Waals surface area contributed by atoms with Crippen molar-refractivity contribution in [2.45, 2.75) is 13.3 Å². The van der Waals surface area contributed by atoms with Gasteiger partial charge in [0.05, 0.1) is 6.42 Å². The third-order valence-electron chi connectivity index (χ3n) is 3.00. The van der Waals surface area contributed by atoms with Gasteiger partial charge in [-0.15, -0.1) is 0 Å². The molecule has 24 heavy (non-hydrogen) atoms. The van der Waals surface area contributed by atoms with E-state index in [1.165, 1.54) is 0 Å². The molecule has 2 N–H and O–H groups in total. The van der Waals surface area contributed by atoms with Crippen molar-refractivity contribution in [1.82, 2.24) is 5.43 Å². The Morgan fingerprint density at radius 2 is 1.71 bits per heavy atom. The highest BCUT2D eigenvalue weighted by Crippen LogP contribution is 2.14. The molecule has 0 spiro atoms. The Kier molecular flexibility index (Phi) is 6.92. The van der Waals surface area contributed by atoms with E-state index >= 15 is 0 Å². The van der Waals surface area contributed by atoms with Crippen LogP contribution in [0.15, 0.2) is 58.1 Å². The first-order chi connectivity index (χ1) is 11.4. The normalized spacial score (nSPS) is 11.0. The van der Waals surface area contributed by atoms with Crippen molar-refractivity contribution in [3.05, 3.63) is 62.1 Å². The van der Waals surface area contributed by atoms with Gasteiger partial charge in [-0.3, -0.25) is 9.59 Å². The predicted molar refractivity (Wildman–Crippen MR) is 107 cm³/mol. The van der Waals surface area contributed by atoms with Crippen molar-refractivity contribution < 1.29 is 9.59 Å². The summed E-state index contributed by atoms with van der Waals surface area (Å²) in [5.41, 5.74) is 4.20. The van der Waals surface area contributed by atoms with Gasteiger partial charge >= 0.3 is 0 Å². The van der Waals surface area contributed by atoms with Crippen molar-refractivity contribution >= 4 is 61.7 Å². The van der Waals surface area contributed by atoms with Crippen LogP contribution in [0.3, 0.4) is 0 Å². The second-order valence-corrected chi connectivity index (χ2v) is 7.19. The molecule has 7 heteroatoms. The number of halogens is 2. The molecule has 124 valence electrons. The van der Waals surface area contributed by atoms with Crippen molar-refractivity contribution in [3.63, 3.8) is 0 Å². The maximum atomic E-state index is 11.9. The second kappa shape index (κ2) is 8.93. The SMILES string of the molecule is C/C(CC(=O)Nc1ccc(Br)cc1)=N/NC(=O)c1ccc(I)cc1. The number of carbonyl (C=O) groups is 2. The number of rotatable bonds is 5. The number of carbonyl (C=O) groups excluding carboxylic acids is 2. The van der Waals surface area contributed by atoms with E-state index in [1.807, 2.05) is 24.3 Å². The first-order valence-corrected chi connectivity index (χ1v) is 8.96. The summed E-state index contributed by atoms with van der Waals surface area (Å²) >= 11 is 5.51. The predicted octanol–water partition coefficient (Wildman–Crippen LogP) is 4.19. The molecule has 0 aromatic heterocycles. The van der Waals surface area contributed by atoms with Crippen LogP contribution in [0.4, 0.5) is 5.69 Å². The van der Waals surface area contributed by atoms with E-state index in [2.05, 4.69) is 54.4 Å². The summed E-state index contributed by atoms with van der Waals surface area (Å²) < 4.78 is 1.99. The van der Waals surface area contributed by atoms with Crippen LogP contribution in [-0.2, 0) is 4.79 Å². The maximum Gasteiger partial charge on any atom is 0.271 e. The molecule has 0 bridgehead atoms. The Labute approximate surface area is 162 Å². The highest BCUT2D eigenvalue weighted by molar-refractivity contribution is 14.1. The summed E-state index contributed by atoms with van der Waals surface area (Å²) in [6.07, 6.45) is 0.100. The average Bonchev–Trinajstić information content (AvgIpc) is 2.55. The van der Waals surface area contributed by atoms with Crippen LogP contribution < -0.4 is 10.7 Å². The molecule has 0 aliphatic rings. The monoisotopic (exact) mass is 499 g/mol. The molecule has 2 amide bonds. The highest BCUT2D eigenvalue weighted by atomic mass is 127. The molecule has 0 aliphatic heterocycles. The van der Waals surface area contributed by atoms with E-state index < -0.39 is 0 Å². The summed E-state index contributed by atoms with van der Waals surface area (Å²) in [5, 5.41) is 6.74. The third-order valence-corrected chi connectivity index (χ3v) is 4.25. The largest absolute Gasteiger partial charge is 0.326 e. The van der Waals surface area contributed by atoms with Gasteiger partial charge < -0.3 is 5.32 Å². The van der Waals surface area contributed by atoms with E-state index in [1.54, 1.807) is 31.2 Å². The number of benzene rings is 2. The van der Waals surface area contributed by atoms with Gasteiger partial charge in [-0.05, 0) is 78.0 Å². The standard InChI is InChI=1S/C17H15BrIN3O2/c1-11(10-16(23)20-15-8-4-13(18)5-9-15)21-22-17(24)12-2-6-14(19)7-3-12/h2-9H,10H2,1H3,(H,20,23)(H,22,24)/b21-11-. The average molecular weight is 500 g/mol. The minimum atomic E-state index is -0.306. The highest BCUT2D eigenvalue weighted by Gasteiger charge is 2.07.